The van der Waals surface area contributed by atoms with Crippen LogP contribution in [0.15, 0.2) is 47.8 Å². The molecule has 4 rings (SSSR count). The molecule has 0 atom stereocenters. The number of fused-ring (bicyclic) bond motifs is 1. The second-order valence-electron chi connectivity index (χ2n) is 7.17. The third kappa shape index (κ3) is 4.25. The number of thiazole rings is 1. The van der Waals surface area contributed by atoms with Gasteiger partial charge in [-0.2, -0.15) is 0 Å². The Morgan fingerprint density at radius 2 is 1.97 bits per heavy atom. The summed E-state index contributed by atoms with van der Waals surface area (Å²) in [7, 11) is 1.61. The Morgan fingerprint density at radius 3 is 2.66 bits per heavy atom. The molecule has 7 nitrogen and oxygen atoms in total. The molecule has 0 aliphatic rings. The van der Waals surface area contributed by atoms with Crippen LogP contribution in [0.25, 0.3) is 10.9 Å². The SMILES string of the molecule is COc1ccc2c(c1)c(Cc1csc(NC(=O)CN)n1)c(C)n2C(=O)c1ccc(Cl)cc1. The highest BCUT2D eigenvalue weighted by atomic mass is 35.5. The first-order valence-electron chi connectivity index (χ1n) is 9.83. The molecule has 0 unspecified atom stereocenters. The lowest BCUT2D eigenvalue weighted by molar-refractivity contribution is -0.114. The van der Waals surface area contributed by atoms with Crippen molar-refractivity contribution in [3.63, 3.8) is 0 Å². The van der Waals surface area contributed by atoms with E-state index in [1.165, 1.54) is 11.3 Å². The van der Waals surface area contributed by atoms with Gasteiger partial charge in [-0.05, 0) is 55.0 Å². The van der Waals surface area contributed by atoms with E-state index in [9.17, 15) is 9.59 Å². The molecule has 0 fully saturated rings. The fourth-order valence-corrected chi connectivity index (χ4v) is 4.45. The van der Waals surface area contributed by atoms with Crippen LogP contribution < -0.4 is 15.8 Å². The molecular formula is C23H21ClN4O3S. The zero-order valence-corrected chi connectivity index (χ0v) is 19.1. The maximum absolute atomic E-state index is 13.4. The minimum Gasteiger partial charge on any atom is -0.497 e. The molecule has 2 aromatic heterocycles. The summed E-state index contributed by atoms with van der Waals surface area (Å²) in [5.74, 6) is 0.260. The number of benzene rings is 2. The van der Waals surface area contributed by atoms with Gasteiger partial charge in [0.15, 0.2) is 5.13 Å². The first-order valence-corrected chi connectivity index (χ1v) is 11.1. The molecule has 0 aliphatic heterocycles. The number of nitrogens with one attached hydrogen (secondary N) is 1. The summed E-state index contributed by atoms with van der Waals surface area (Å²) < 4.78 is 7.12. The molecule has 0 radical (unpaired) electrons. The van der Waals surface area contributed by atoms with Crippen LogP contribution in [-0.4, -0.2) is 35.0 Å². The molecule has 164 valence electrons. The molecular weight excluding hydrogens is 448 g/mol. The summed E-state index contributed by atoms with van der Waals surface area (Å²) in [6, 6.07) is 12.5. The van der Waals surface area contributed by atoms with E-state index in [1.54, 1.807) is 35.9 Å². The minimum atomic E-state index is -0.294. The van der Waals surface area contributed by atoms with Gasteiger partial charge in [0.05, 0.1) is 24.9 Å². The summed E-state index contributed by atoms with van der Waals surface area (Å²) in [5.41, 5.74) is 9.24. The summed E-state index contributed by atoms with van der Waals surface area (Å²) in [4.78, 5) is 29.4. The molecule has 0 bridgehead atoms. The van der Waals surface area contributed by atoms with Gasteiger partial charge in [-0.3, -0.25) is 14.2 Å². The minimum absolute atomic E-state index is 0.103. The van der Waals surface area contributed by atoms with Crippen molar-refractivity contribution in [2.45, 2.75) is 13.3 Å². The number of aromatic nitrogens is 2. The molecule has 2 heterocycles. The predicted octanol–water partition coefficient (Wildman–Crippen LogP) is 4.24. The van der Waals surface area contributed by atoms with Crippen LogP contribution in [0.1, 0.15) is 27.3 Å². The summed E-state index contributed by atoms with van der Waals surface area (Å²) in [5, 5.41) is 6.53. The summed E-state index contributed by atoms with van der Waals surface area (Å²) in [6.45, 7) is 1.81. The first-order chi connectivity index (χ1) is 15.4. The van der Waals surface area contributed by atoms with Gasteiger partial charge >= 0.3 is 0 Å². The van der Waals surface area contributed by atoms with Crippen molar-refractivity contribution in [2.24, 2.45) is 5.73 Å². The van der Waals surface area contributed by atoms with Crippen molar-refractivity contribution in [1.82, 2.24) is 9.55 Å². The Kier molecular flexibility index (Phi) is 6.27. The molecule has 32 heavy (non-hydrogen) atoms. The van der Waals surface area contributed by atoms with Gasteiger partial charge in [0.25, 0.3) is 5.91 Å². The van der Waals surface area contributed by atoms with E-state index < -0.39 is 0 Å². The highest BCUT2D eigenvalue weighted by Gasteiger charge is 2.21. The Labute approximate surface area is 193 Å². The van der Waals surface area contributed by atoms with E-state index in [1.807, 2.05) is 30.5 Å². The van der Waals surface area contributed by atoms with Crippen LogP contribution in [0.4, 0.5) is 5.13 Å². The average Bonchev–Trinajstić information content (AvgIpc) is 3.35. The zero-order chi connectivity index (χ0) is 22.8. The lowest BCUT2D eigenvalue weighted by Crippen LogP contribution is -2.21. The summed E-state index contributed by atoms with van der Waals surface area (Å²) in [6.07, 6.45) is 0.491. The van der Waals surface area contributed by atoms with Crippen LogP contribution >= 0.6 is 22.9 Å². The highest BCUT2D eigenvalue weighted by Crippen LogP contribution is 2.32. The number of nitrogens with zero attached hydrogens (tertiary/aromatic N) is 2. The average molecular weight is 469 g/mol. The quantitative estimate of drug-likeness (QED) is 0.441. The Bertz CT molecular complexity index is 1310. The molecule has 1 amide bonds. The van der Waals surface area contributed by atoms with E-state index in [4.69, 9.17) is 22.1 Å². The van der Waals surface area contributed by atoms with Crippen molar-refractivity contribution >= 4 is 50.8 Å². The van der Waals surface area contributed by atoms with Gasteiger partial charge in [0.1, 0.15) is 5.75 Å². The third-order valence-electron chi connectivity index (χ3n) is 5.18. The Balaban J connectivity index is 1.78. The molecule has 3 N–H and O–H groups in total. The normalized spacial score (nSPS) is 11.0. The van der Waals surface area contributed by atoms with Crippen LogP contribution in [0.5, 0.6) is 5.75 Å². The topological polar surface area (TPSA) is 99.2 Å². The number of nitrogens with two attached hydrogens (primary N) is 1. The van der Waals surface area contributed by atoms with Crippen molar-refractivity contribution in [1.29, 1.82) is 0 Å². The smallest absolute Gasteiger partial charge is 0.262 e. The van der Waals surface area contributed by atoms with Crippen LogP contribution in [-0.2, 0) is 11.2 Å². The number of hydrogen-bond donors (Lipinski definition) is 2. The number of rotatable bonds is 6. The van der Waals surface area contributed by atoms with Gasteiger partial charge < -0.3 is 15.8 Å². The van der Waals surface area contributed by atoms with E-state index in [0.29, 0.717) is 27.9 Å². The molecule has 4 aromatic rings. The Hall–Kier alpha value is -3.20. The number of hydrogen-bond acceptors (Lipinski definition) is 6. The molecule has 0 aliphatic carbocycles. The van der Waals surface area contributed by atoms with Gasteiger partial charge in [-0.25, -0.2) is 4.98 Å². The maximum Gasteiger partial charge on any atom is 0.262 e. The van der Waals surface area contributed by atoms with Gasteiger partial charge in [-0.1, -0.05) is 11.6 Å². The zero-order valence-electron chi connectivity index (χ0n) is 17.5. The van der Waals surface area contributed by atoms with Crippen molar-refractivity contribution in [3.05, 3.63) is 75.4 Å². The molecule has 0 spiro atoms. The number of carbonyl (C=O) groups is 2. The number of halogens is 1. The highest BCUT2D eigenvalue weighted by molar-refractivity contribution is 7.13. The van der Waals surface area contributed by atoms with Crippen LogP contribution in [0, 0.1) is 6.92 Å². The predicted molar refractivity (Wildman–Crippen MR) is 127 cm³/mol. The van der Waals surface area contributed by atoms with E-state index in [0.717, 1.165) is 27.9 Å². The fraction of sp³-hybridized carbons (Fsp3) is 0.174. The Morgan fingerprint density at radius 1 is 1.22 bits per heavy atom. The van der Waals surface area contributed by atoms with Gasteiger partial charge in [0, 0.05) is 33.5 Å². The molecule has 2 aromatic carbocycles. The van der Waals surface area contributed by atoms with Gasteiger partial charge in [0.2, 0.25) is 5.91 Å². The largest absolute Gasteiger partial charge is 0.497 e. The van der Waals surface area contributed by atoms with Crippen molar-refractivity contribution in [2.75, 3.05) is 19.0 Å². The molecule has 9 heteroatoms. The lowest BCUT2D eigenvalue weighted by Gasteiger charge is -2.08. The molecule has 0 saturated carbocycles. The van der Waals surface area contributed by atoms with Crippen molar-refractivity contribution in [3.8, 4) is 5.75 Å². The number of methoxy groups -OCH3 is 1. The standard InChI is InChI=1S/C23H21ClN4O3S/c1-13-18(9-16-12-32-23(26-16)27-21(29)11-25)19-10-17(31-2)7-8-20(19)28(13)22(30)14-3-5-15(24)6-4-14/h3-8,10,12H,9,11,25H2,1-2H3,(H,26,27,29). The number of amides is 1. The maximum atomic E-state index is 13.4. The fourth-order valence-electron chi connectivity index (χ4n) is 3.59. The summed E-state index contributed by atoms with van der Waals surface area (Å²) >= 11 is 7.32. The molecule has 0 saturated heterocycles. The van der Waals surface area contributed by atoms with Crippen LogP contribution in [0.3, 0.4) is 0 Å². The van der Waals surface area contributed by atoms with E-state index in [2.05, 4.69) is 10.3 Å². The third-order valence-corrected chi connectivity index (χ3v) is 6.24. The second kappa shape index (κ2) is 9.12. The van der Waals surface area contributed by atoms with Crippen LogP contribution in [0.2, 0.25) is 5.02 Å². The van der Waals surface area contributed by atoms with Crippen molar-refractivity contribution < 1.29 is 14.3 Å². The van der Waals surface area contributed by atoms with E-state index in [-0.39, 0.29) is 18.4 Å². The number of carbonyl (C=O) groups excluding carboxylic acids is 2. The second-order valence-corrected chi connectivity index (χ2v) is 8.46. The van der Waals surface area contributed by atoms with Gasteiger partial charge in [-0.15, -0.1) is 11.3 Å². The van der Waals surface area contributed by atoms with E-state index >= 15 is 0 Å². The lowest BCUT2D eigenvalue weighted by atomic mass is 10.1. The number of anilines is 1. The number of ether oxygens (including phenoxy) is 1. The monoisotopic (exact) mass is 468 g/mol. The first kappa shape index (κ1) is 22.0.